The van der Waals surface area contributed by atoms with Crippen molar-refractivity contribution in [3.8, 4) is 0 Å². The first kappa shape index (κ1) is 14.4. The molecule has 104 valence electrons. The molecule has 0 bridgehead atoms. The van der Waals surface area contributed by atoms with Crippen LogP contribution in [-0.2, 0) is 0 Å². The van der Waals surface area contributed by atoms with Gasteiger partial charge < -0.3 is 16.2 Å². The summed E-state index contributed by atoms with van der Waals surface area (Å²) in [6.07, 6.45) is 0. The Morgan fingerprint density at radius 2 is 1.80 bits per heavy atom. The predicted octanol–water partition coefficient (Wildman–Crippen LogP) is 4.09. The van der Waals surface area contributed by atoms with Crippen LogP contribution in [0.15, 0.2) is 34.8 Å². The fourth-order valence-corrected chi connectivity index (χ4v) is 2.21. The molecule has 2 aromatic carbocycles. The molecule has 4 nitrogen and oxygen atoms in total. The second-order valence-corrected chi connectivity index (χ2v) is 5.45. The molecule has 0 atom stereocenters. The van der Waals surface area contributed by atoms with E-state index in [-0.39, 0.29) is 5.56 Å². The number of nitrogens with two attached hydrogens (primary N) is 1. The molecule has 0 aliphatic carbocycles. The van der Waals surface area contributed by atoms with Gasteiger partial charge >= 0.3 is 5.97 Å². The van der Waals surface area contributed by atoms with Crippen LogP contribution in [-0.4, -0.2) is 11.1 Å². The molecule has 0 aliphatic heterocycles. The summed E-state index contributed by atoms with van der Waals surface area (Å²) in [4.78, 5) is 10.9. The summed E-state index contributed by atoms with van der Waals surface area (Å²) in [6, 6.07) is 8.65. The number of aromatic carboxylic acids is 1. The van der Waals surface area contributed by atoms with Crippen LogP contribution in [0.2, 0.25) is 0 Å². The topological polar surface area (TPSA) is 75.3 Å². The van der Waals surface area contributed by atoms with E-state index in [2.05, 4.69) is 21.2 Å². The lowest BCUT2D eigenvalue weighted by Crippen LogP contribution is -2.01. The molecular weight excluding hydrogens is 320 g/mol. The Labute approximate surface area is 125 Å². The lowest BCUT2D eigenvalue weighted by molar-refractivity contribution is 0.0697. The third-order valence-corrected chi connectivity index (χ3v) is 4.26. The highest BCUT2D eigenvalue weighted by Crippen LogP contribution is 2.29. The maximum atomic E-state index is 10.9. The lowest BCUT2D eigenvalue weighted by atomic mass is 10.1. The number of nitrogen functional groups attached to an aromatic ring is 1. The molecule has 0 saturated carbocycles. The summed E-state index contributed by atoms with van der Waals surface area (Å²) < 4.78 is 1.08. The number of carboxylic acid groups (broad SMARTS) is 1. The van der Waals surface area contributed by atoms with Crippen LogP contribution in [0.5, 0.6) is 0 Å². The van der Waals surface area contributed by atoms with Crippen molar-refractivity contribution in [1.29, 1.82) is 0 Å². The Kier molecular flexibility index (Phi) is 3.99. The summed E-state index contributed by atoms with van der Waals surface area (Å²) in [6.45, 7) is 4.03. The minimum Gasteiger partial charge on any atom is -0.478 e. The molecular formula is C15H15BrN2O2. The monoisotopic (exact) mass is 334 g/mol. The van der Waals surface area contributed by atoms with Crippen LogP contribution in [0.25, 0.3) is 0 Å². The predicted molar refractivity (Wildman–Crippen MR) is 84.7 cm³/mol. The molecule has 0 fully saturated rings. The van der Waals surface area contributed by atoms with Crippen LogP contribution in [0.3, 0.4) is 0 Å². The van der Waals surface area contributed by atoms with E-state index in [0.717, 1.165) is 21.3 Å². The van der Waals surface area contributed by atoms with Gasteiger partial charge in [-0.1, -0.05) is 15.9 Å². The summed E-state index contributed by atoms with van der Waals surface area (Å²) >= 11 is 3.52. The number of aryl methyl sites for hydroxylation is 2. The van der Waals surface area contributed by atoms with Crippen LogP contribution < -0.4 is 11.1 Å². The third-order valence-electron chi connectivity index (χ3n) is 3.01. The number of halogens is 1. The van der Waals surface area contributed by atoms with Crippen LogP contribution in [0, 0.1) is 13.8 Å². The number of anilines is 3. The summed E-state index contributed by atoms with van der Waals surface area (Å²) in [7, 11) is 0. The van der Waals surface area contributed by atoms with Crippen molar-refractivity contribution in [3.05, 3.63) is 51.5 Å². The highest BCUT2D eigenvalue weighted by atomic mass is 79.9. The van der Waals surface area contributed by atoms with Crippen LogP contribution >= 0.6 is 15.9 Å². The van der Waals surface area contributed by atoms with Gasteiger partial charge in [-0.2, -0.15) is 0 Å². The van der Waals surface area contributed by atoms with E-state index >= 15 is 0 Å². The van der Waals surface area contributed by atoms with Crippen molar-refractivity contribution in [3.63, 3.8) is 0 Å². The summed E-state index contributed by atoms with van der Waals surface area (Å²) in [5, 5.41) is 12.1. The van der Waals surface area contributed by atoms with Crippen molar-refractivity contribution in [2.24, 2.45) is 0 Å². The van der Waals surface area contributed by atoms with Gasteiger partial charge in [0.25, 0.3) is 0 Å². The zero-order valence-corrected chi connectivity index (χ0v) is 12.8. The minimum atomic E-state index is -0.987. The summed E-state index contributed by atoms with van der Waals surface area (Å²) in [5.41, 5.74) is 10.3. The van der Waals surface area contributed by atoms with Crippen molar-refractivity contribution in [2.45, 2.75) is 13.8 Å². The molecule has 5 heteroatoms. The minimum absolute atomic E-state index is 0.177. The molecule has 2 aromatic rings. The third kappa shape index (κ3) is 2.93. The van der Waals surface area contributed by atoms with E-state index in [9.17, 15) is 4.79 Å². The molecule has 0 aromatic heterocycles. The second kappa shape index (κ2) is 5.54. The molecule has 20 heavy (non-hydrogen) atoms. The van der Waals surface area contributed by atoms with E-state index in [0.29, 0.717) is 11.4 Å². The van der Waals surface area contributed by atoms with Gasteiger partial charge in [-0.3, -0.25) is 0 Å². The standard InChI is InChI=1S/C15H15BrN2O2/c1-8-5-11(6-9(2)14(8)16)18-13-4-3-10(15(19)20)7-12(13)17/h3-7,18H,17H2,1-2H3,(H,19,20). The van der Waals surface area contributed by atoms with Gasteiger partial charge in [-0.15, -0.1) is 0 Å². The number of benzene rings is 2. The Balaban J connectivity index is 2.33. The molecule has 4 N–H and O–H groups in total. The van der Waals surface area contributed by atoms with Crippen molar-refractivity contribution < 1.29 is 9.90 Å². The van der Waals surface area contributed by atoms with E-state index in [4.69, 9.17) is 10.8 Å². The first-order valence-corrected chi connectivity index (χ1v) is 6.84. The number of carboxylic acids is 1. The van der Waals surface area contributed by atoms with E-state index in [1.54, 1.807) is 6.07 Å². The largest absolute Gasteiger partial charge is 0.478 e. The van der Waals surface area contributed by atoms with Gasteiger partial charge in [-0.25, -0.2) is 4.79 Å². The second-order valence-electron chi connectivity index (χ2n) is 4.66. The molecule has 0 radical (unpaired) electrons. The van der Waals surface area contributed by atoms with Gasteiger partial charge in [0, 0.05) is 10.2 Å². The zero-order valence-electron chi connectivity index (χ0n) is 11.2. The number of nitrogens with one attached hydrogen (secondary N) is 1. The highest BCUT2D eigenvalue weighted by Gasteiger charge is 2.08. The Morgan fingerprint density at radius 3 is 2.30 bits per heavy atom. The number of carbonyl (C=O) groups is 1. The first-order valence-electron chi connectivity index (χ1n) is 6.05. The Hall–Kier alpha value is -2.01. The van der Waals surface area contributed by atoms with Gasteiger partial charge in [-0.05, 0) is 55.3 Å². The van der Waals surface area contributed by atoms with Crippen LogP contribution in [0.1, 0.15) is 21.5 Å². The van der Waals surface area contributed by atoms with E-state index in [1.165, 1.54) is 12.1 Å². The quantitative estimate of drug-likeness (QED) is 0.739. The van der Waals surface area contributed by atoms with Gasteiger partial charge in [0.15, 0.2) is 0 Å². The fourth-order valence-electron chi connectivity index (χ4n) is 1.98. The lowest BCUT2D eigenvalue weighted by Gasteiger charge is -2.13. The maximum absolute atomic E-state index is 10.9. The van der Waals surface area contributed by atoms with Crippen molar-refractivity contribution in [1.82, 2.24) is 0 Å². The molecule has 0 saturated heterocycles. The normalized spacial score (nSPS) is 10.3. The summed E-state index contributed by atoms with van der Waals surface area (Å²) in [5.74, 6) is -0.987. The Morgan fingerprint density at radius 1 is 1.20 bits per heavy atom. The fraction of sp³-hybridized carbons (Fsp3) is 0.133. The first-order chi connectivity index (χ1) is 9.38. The highest BCUT2D eigenvalue weighted by molar-refractivity contribution is 9.10. The van der Waals surface area contributed by atoms with Gasteiger partial charge in [0.1, 0.15) is 0 Å². The van der Waals surface area contributed by atoms with E-state index in [1.807, 2.05) is 26.0 Å². The molecule has 0 amide bonds. The van der Waals surface area contributed by atoms with Gasteiger partial charge in [0.2, 0.25) is 0 Å². The number of rotatable bonds is 3. The number of hydrogen-bond donors (Lipinski definition) is 3. The molecule has 2 rings (SSSR count). The van der Waals surface area contributed by atoms with Gasteiger partial charge in [0.05, 0.1) is 16.9 Å². The Bertz CT molecular complexity index is 661. The average Bonchev–Trinajstić information content (AvgIpc) is 2.38. The molecule has 0 spiro atoms. The molecule has 0 unspecified atom stereocenters. The number of hydrogen-bond acceptors (Lipinski definition) is 3. The van der Waals surface area contributed by atoms with Crippen molar-refractivity contribution >= 4 is 39.0 Å². The average molecular weight is 335 g/mol. The SMILES string of the molecule is Cc1cc(Nc2ccc(C(=O)O)cc2N)cc(C)c1Br. The molecule has 0 aliphatic rings. The van der Waals surface area contributed by atoms with Crippen LogP contribution in [0.4, 0.5) is 17.1 Å². The molecule has 0 heterocycles. The zero-order chi connectivity index (χ0) is 14.9. The van der Waals surface area contributed by atoms with E-state index < -0.39 is 5.97 Å². The maximum Gasteiger partial charge on any atom is 0.335 e. The smallest absolute Gasteiger partial charge is 0.335 e. The van der Waals surface area contributed by atoms with Crippen molar-refractivity contribution in [2.75, 3.05) is 11.1 Å².